The largest absolute Gasteiger partial charge is 0.491 e. The molecule has 0 amide bonds. The molecule has 0 aliphatic carbocycles. The number of aromatic nitrogens is 5. The SMILES string of the molecule is CC(=O)c1ccc(-c2ccnc3[nH]c(-c4n[nH]c5ccc(-c6cncc(OCCN7CCCC7)c6)cc45)cc23)s1. The van der Waals surface area contributed by atoms with E-state index in [0.29, 0.717) is 6.61 Å². The summed E-state index contributed by atoms with van der Waals surface area (Å²) in [5, 5.41) is 9.81. The highest BCUT2D eigenvalue weighted by molar-refractivity contribution is 7.17. The van der Waals surface area contributed by atoms with Crippen LogP contribution in [0.5, 0.6) is 5.75 Å². The van der Waals surface area contributed by atoms with Gasteiger partial charge in [-0.15, -0.1) is 11.3 Å². The van der Waals surface area contributed by atoms with Gasteiger partial charge in [0.05, 0.1) is 22.3 Å². The van der Waals surface area contributed by atoms with E-state index >= 15 is 0 Å². The highest BCUT2D eigenvalue weighted by Gasteiger charge is 2.17. The van der Waals surface area contributed by atoms with Gasteiger partial charge in [-0.05, 0) is 80.9 Å². The van der Waals surface area contributed by atoms with E-state index in [0.717, 1.165) is 85.2 Å². The number of likely N-dealkylation sites (tertiary alicyclic amines) is 1. The van der Waals surface area contributed by atoms with Crippen molar-refractivity contribution in [3.63, 3.8) is 0 Å². The van der Waals surface area contributed by atoms with E-state index < -0.39 is 0 Å². The number of nitrogens with zero attached hydrogens (tertiary/aromatic N) is 4. The molecule has 1 aromatic carbocycles. The Morgan fingerprint density at radius 1 is 1.02 bits per heavy atom. The maximum absolute atomic E-state index is 11.8. The third-order valence-corrected chi connectivity index (χ3v) is 8.71. The summed E-state index contributed by atoms with van der Waals surface area (Å²) in [6.07, 6.45) is 7.99. The molecule has 200 valence electrons. The number of thiophene rings is 1. The average Bonchev–Trinajstić information content (AvgIpc) is 3.78. The zero-order valence-corrected chi connectivity index (χ0v) is 22.9. The number of ketones is 1. The molecule has 0 radical (unpaired) electrons. The summed E-state index contributed by atoms with van der Waals surface area (Å²) < 4.78 is 6.04. The van der Waals surface area contributed by atoms with E-state index in [1.807, 2.05) is 36.5 Å². The van der Waals surface area contributed by atoms with Crippen LogP contribution in [-0.4, -0.2) is 62.1 Å². The lowest BCUT2D eigenvalue weighted by Crippen LogP contribution is -2.25. The number of carbonyl (C=O) groups is 1. The number of hydrogen-bond acceptors (Lipinski definition) is 7. The van der Waals surface area contributed by atoms with Crippen LogP contribution in [0.25, 0.3) is 54.9 Å². The molecule has 1 aliphatic rings. The molecule has 0 saturated carbocycles. The second-order valence-corrected chi connectivity index (χ2v) is 11.2. The van der Waals surface area contributed by atoms with Crippen LogP contribution >= 0.6 is 11.3 Å². The Morgan fingerprint density at radius 3 is 2.77 bits per heavy atom. The van der Waals surface area contributed by atoms with Crippen LogP contribution in [0.4, 0.5) is 0 Å². The van der Waals surface area contributed by atoms with Gasteiger partial charge in [0.2, 0.25) is 0 Å². The molecular weight excluding hydrogens is 520 g/mol. The summed E-state index contributed by atoms with van der Waals surface area (Å²) in [7, 11) is 0. The van der Waals surface area contributed by atoms with Gasteiger partial charge in [0.25, 0.3) is 0 Å². The summed E-state index contributed by atoms with van der Waals surface area (Å²) in [5.74, 6) is 0.851. The second-order valence-electron chi connectivity index (χ2n) is 10.2. The van der Waals surface area contributed by atoms with E-state index in [-0.39, 0.29) is 5.78 Å². The third kappa shape index (κ3) is 4.67. The highest BCUT2D eigenvalue weighted by Crippen LogP contribution is 2.37. The number of Topliss-reactive ketones (excluding diaryl/α,β-unsaturated/α-hetero) is 1. The number of hydrogen-bond donors (Lipinski definition) is 2. The zero-order chi connectivity index (χ0) is 27.1. The van der Waals surface area contributed by atoms with Crippen molar-refractivity contribution in [2.45, 2.75) is 19.8 Å². The maximum Gasteiger partial charge on any atom is 0.169 e. The van der Waals surface area contributed by atoms with Crippen molar-refractivity contribution in [3.8, 4) is 38.7 Å². The summed E-state index contributed by atoms with van der Waals surface area (Å²) >= 11 is 1.50. The van der Waals surface area contributed by atoms with E-state index in [9.17, 15) is 4.79 Å². The first kappa shape index (κ1) is 24.7. The Hall–Kier alpha value is -4.34. The lowest BCUT2D eigenvalue weighted by Gasteiger charge is -2.15. The molecule has 9 heteroatoms. The number of pyridine rings is 2. The Labute approximate surface area is 235 Å². The summed E-state index contributed by atoms with van der Waals surface area (Å²) in [5.41, 5.74) is 6.49. The van der Waals surface area contributed by atoms with Gasteiger partial charge < -0.3 is 9.72 Å². The van der Waals surface area contributed by atoms with E-state index in [1.165, 1.54) is 24.2 Å². The number of rotatable bonds is 8. The minimum Gasteiger partial charge on any atom is -0.491 e. The molecule has 0 bridgehead atoms. The predicted molar refractivity (Wildman–Crippen MR) is 159 cm³/mol. The molecule has 1 aliphatic heterocycles. The fraction of sp³-hybridized carbons (Fsp3) is 0.226. The van der Waals surface area contributed by atoms with Crippen molar-refractivity contribution >= 4 is 39.1 Å². The summed E-state index contributed by atoms with van der Waals surface area (Å²) in [6.45, 7) is 5.53. The van der Waals surface area contributed by atoms with Gasteiger partial charge in [0, 0.05) is 45.7 Å². The van der Waals surface area contributed by atoms with Crippen LogP contribution < -0.4 is 4.74 Å². The molecule has 1 saturated heterocycles. The molecule has 0 spiro atoms. The van der Waals surface area contributed by atoms with E-state index in [2.05, 4.69) is 48.2 Å². The van der Waals surface area contributed by atoms with E-state index in [1.54, 1.807) is 19.3 Å². The number of benzene rings is 1. The molecule has 5 aromatic heterocycles. The molecule has 7 rings (SSSR count). The van der Waals surface area contributed by atoms with Crippen molar-refractivity contribution < 1.29 is 9.53 Å². The molecule has 0 atom stereocenters. The van der Waals surface area contributed by atoms with Gasteiger partial charge in [0.15, 0.2) is 5.78 Å². The number of carbonyl (C=O) groups excluding carboxylic acids is 1. The van der Waals surface area contributed by atoms with Crippen molar-refractivity contribution in [1.82, 2.24) is 30.0 Å². The molecule has 1 fully saturated rings. The molecule has 6 aromatic rings. The Balaban J connectivity index is 1.20. The van der Waals surface area contributed by atoms with Crippen molar-refractivity contribution in [2.24, 2.45) is 0 Å². The first-order chi connectivity index (χ1) is 19.6. The van der Waals surface area contributed by atoms with Crippen LogP contribution in [0.1, 0.15) is 29.4 Å². The van der Waals surface area contributed by atoms with Crippen molar-refractivity contribution in [1.29, 1.82) is 0 Å². The Morgan fingerprint density at radius 2 is 1.93 bits per heavy atom. The fourth-order valence-electron chi connectivity index (χ4n) is 5.39. The van der Waals surface area contributed by atoms with Crippen molar-refractivity contribution in [3.05, 3.63) is 72.0 Å². The van der Waals surface area contributed by atoms with Crippen LogP contribution in [0.15, 0.2) is 67.1 Å². The minimum absolute atomic E-state index is 0.0736. The van der Waals surface area contributed by atoms with Gasteiger partial charge in [-0.1, -0.05) is 6.07 Å². The molecular formula is C31H28N6O2S. The topological polar surface area (TPSA) is 99.8 Å². The van der Waals surface area contributed by atoms with Crippen LogP contribution in [0.3, 0.4) is 0 Å². The number of H-pyrrole nitrogens is 2. The summed E-state index contributed by atoms with van der Waals surface area (Å²) in [6, 6.07) is 16.3. The predicted octanol–water partition coefficient (Wildman–Crippen LogP) is 6.57. The Bertz CT molecular complexity index is 1850. The maximum atomic E-state index is 11.8. The minimum atomic E-state index is 0.0736. The number of aromatic amines is 2. The molecule has 40 heavy (non-hydrogen) atoms. The summed E-state index contributed by atoms with van der Waals surface area (Å²) in [4.78, 5) is 28.5. The van der Waals surface area contributed by atoms with Crippen LogP contribution in [-0.2, 0) is 0 Å². The number of ether oxygens (including phenoxy) is 1. The van der Waals surface area contributed by atoms with E-state index in [4.69, 9.17) is 4.74 Å². The Kier molecular flexibility index (Phi) is 6.37. The quantitative estimate of drug-likeness (QED) is 0.209. The first-order valence-corrected chi connectivity index (χ1v) is 14.3. The van der Waals surface area contributed by atoms with Gasteiger partial charge >= 0.3 is 0 Å². The zero-order valence-electron chi connectivity index (χ0n) is 22.1. The van der Waals surface area contributed by atoms with Crippen molar-refractivity contribution in [2.75, 3.05) is 26.2 Å². The van der Waals surface area contributed by atoms with Crippen LogP contribution in [0, 0.1) is 0 Å². The number of fused-ring (bicyclic) bond motifs is 2. The highest BCUT2D eigenvalue weighted by atomic mass is 32.1. The standard InChI is InChI=1S/C31H28N6O2S/c1-19(38)28-6-7-29(40-28)23-8-9-33-31-24(23)16-27(34-31)30-25-15-20(4-5-26(25)35-36-30)21-14-22(18-32-17-21)39-13-12-37-10-2-3-11-37/h4-9,14-18H,2-3,10-13H2,1H3,(H,33,34)(H,35,36). The smallest absolute Gasteiger partial charge is 0.169 e. The average molecular weight is 549 g/mol. The first-order valence-electron chi connectivity index (χ1n) is 13.5. The van der Waals surface area contributed by atoms with Gasteiger partial charge in [-0.25, -0.2) is 4.98 Å². The molecule has 8 nitrogen and oxygen atoms in total. The molecule has 0 unspecified atom stereocenters. The normalized spacial score (nSPS) is 13.9. The monoisotopic (exact) mass is 548 g/mol. The number of nitrogens with one attached hydrogen (secondary N) is 2. The molecule has 2 N–H and O–H groups in total. The lowest BCUT2D eigenvalue weighted by atomic mass is 10.0. The third-order valence-electron chi connectivity index (χ3n) is 7.49. The lowest BCUT2D eigenvalue weighted by molar-refractivity contribution is 0.102. The van der Waals surface area contributed by atoms with Gasteiger partial charge in [-0.3, -0.25) is 19.8 Å². The second kappa shape index (κ2) is 10.3. The van der Waals surface area contributed by atoms with Gasteiger partial charge in [-0.2, -0.15) is 5.10 Å². The fourth-order valence-corrected chi connectivity index (χ4v) is 6.34. The van der Waals surface area contributed by atoms with Crippen LogP contribution in [0.2, 0.25) is 0 Å². The molecule has 6 heterocycles. The van der Waals surface area contributed by atoms with Gasteiger partial charge in [0.1, 0.15) is 23.7 Å².